The molecule has 1 aromatic heterocycles. The van der Waals surface area contributed by atoms with Crippen molar-refractivity contribution in [3.63, 3.8) is 0 Å². The first-order valence-corrected chi connectivity index (χ1v) is 6.63. The molecule has 0 saturated carbocycles. The zero-order valence-corrected chi connectivity index (χ0v) is 12.3. The van der Waals surface area contributed by atoms with E-state index in [1.165, 1.54) is 0 Å². The van der Waals surface area contributed by atoms with E-state index in [0.29, 0.717) is 34.5 Å². The van der Waals surface area contributed by atoms with Crippen molar-refractivity contribution in [3.05, 3.63) is 34.6 Å². The van der Waals surface area contributed by atoms with Crippen LogP contribution in [-0.4, -0.2) is 22.1 Å². The van der Waals surface area contributed by atoms with E-state index < -0.39 is 0 Å². The van der Waals surface area contributed by atoms with Crippen LogP contribution in [0.2, 0.25) is 5.02 Å². The first kappa shape index (κ1) is 14.4. The Morgan fingerprint density at radius 1 is 1.45 bits per heavy atom. The van der Waals surface area contributed by atoms with Gasteiger partial charge in [-0.15, -0.1) is 5.10 Å². The molecule has 0 radical (unpaired) electrons. The Hall–Kier alpha value is -2.06. The lowest BCUT2D eigenvalue weighted by Gasteiger charge is -2.12. The summed E-state index contributed by atoms with van der Waals surface area (Å²) < 4.78 is 6.96. The number of nitrogens with zero attached hydrogens (tertiary/aromatic N) is 4. The standard InChI is InChI=1S/C14H15ClN4O/c1-9(2)6-12-11(8-16)17-18-19(12)13-7-10(15)4-5-14(13)20-3/h4-5,7,9H,6H2,1-3H3. The molecule has 2 aromatic rings. The van der Waals surface area contributed by atoms with Crippen molar-refractivity contribution in [2.75, 3.05) is 7.11 Å². The molecule has 0 amide bonds. The van der Waals surface area contributed by atoms with E-state index >= 15 is 0 Å². The van der Waals surface area contributed by atoms with Gasteiger partial charge < -0.3 is 4.74 Å². The minimum absolute atomic E-state index is 0.334. The Bertz CT molecular complexity index is 658. The highest BCUT2D eigenvalue weighted by Gasteiger charge is 2.18. The van der Waals surface area contributed by atoms with Crippen molar-refractivity contribution in [2.24, 2.45) is 5.92 Å². The van der Waals surface area contributed by atoms with E-state index in [-0.39, 0.29) is 0 Å². The first-order chi connectivity index (χ1) is 9.56. The number of halogens is 1. The quantitative estimate of drug-likeness (QED) is 0.868. The summed E-state index contributed by atoms with van der Waals surface area (Å²) in [7, 11) is 1.58. The lowest BCUT2D eigenvalue weighted by Crippen LogP contribution is -2.08. The van der Waals surface area contributed by atoms with Crippen LogP contribution in [-0.2, 0) is 6.42 Å². The van der Waals surface area contributed by atoms with Gasteiger partial charge in [0.1, 0.15) is 17.5 Å². The van der Waals surface area contributed by atoms with Gasteiger partial charge in [-0.05, 0) is 30.5 Å². The van der Waals surface area contributed by atoms with Crippen LogP contribution < -0.4 is 4.74 Å². The summed E-state index contributed by atoms with van der Waals surface area (Å²) in [5, 5.41) is 17.7. The number of rotatable bonds is 4. The van der Waals surface area contributed by atoms with Crippen molar-refractivity contribution in [2.45, 2.75) is 20.3 Å². The zero-order valence-electron chi connectivity index (χ0n) is 11.6. The summed E-state index contributed by atoms with van der Waals surface area (Å²) >= 11 is 6.04. The fraction of sp³-hybridized carbons (Fsp3) is 0.357. The predicted molar refractivity (Wildman–Crippen MR) is 76.2 cm³/mol. The highest BCUT2D eigenvalue weighted by Crippen LogP contribution is 2.28. The van der Waals surface area contributed by atoms with Crippen LogP contribution in [0.25, 0.3) is 5.69 Å². The van der Waals surface area contributed by atoms with Gasteiger partial charge in [0.2, 0.25) is 0 Å². The van der Waals surface area contributed by atoms with Crippen molar-refractivity contribution in [1.29, 1.82) is 5.26 Å². The van der Waals surface area contributed by atoms with Gasteiger partial charge in [0.25, 0.3) is 0 Å². The third kappa shape index (κ3) is 2.75. The molecular weight excluding hydrogens is 276 g/mol. The van der Waals surface area contributed by atoms with E-state index in [1.54, 1.807) is 30.0 Å². The molecule has 5 nitrogen and oxygen atoms in total. The number of methoxy groups -OCH3 is 1. The SMILES string of the molecule is COc1ccc(Cl)cc1-n1nnc(C#N)c1CC(C)C. The Morgan fingerprint density at radius 2 is 2.20 bits per heavy atom. The molecule has 2 rings (SSSR count). The Balaban J connectivity index is 2.61. The smallest absolute Gasteiger partial charge is 0.186 e. The molecule has 104 valence electrons. The highest BCUT2D eigenvalue weighted by molar-refractivity contribution is 6.30. The van der Waals surface area contributed by atoms with Crippen LogP contribution in [0.1, 0.15) is 25.2 Å². The van der Waals surface area contributed by atoms with E-state index in [1.807, 2.05) is 0 Å². The van der Waals surface area contributed by atoms with Crippen LogP contribution in [0.4, 0.5) is 0 Å². The molecule has 0 bridgehead atoms. The average molecular weight is 291 g/mol. The Kier molecular flexibility index (Phi) is 4.26. The van der Waals surface area contributed by atoms with Gasteiger partial charge in [0, 0.05) is 5.02 Å². The largest absolute Gasteiger partial charge is 0.494 e. The maximum Gasteiger partial charge on any atom is 0.186 e. The summed E-state index contributed by atoms with van der Waals surface area (Å²) in [5.74, 6) is 1.01. The first-order valence-electron chi connectivity index (χ1n) is 6.25. The van der Waals surface area contributed by atoms with Crippen LogP contribution >= 0.6 is 11.6 Å². The summed E-state index contributed by atoms with van der Waals surface area (Å²) in [4.78, 5) is 0. The Labute approximate surface area is 122 Å². The molecule has 0 fully saturated rings. The van der Waals surface area contributed by atoms with Crippen LogP contribution in [0.5, 0.6) is 5.75 Å². The number of ether oxygens (including phenoxy) is 1. The van der Waals surface area contributed by atoms with Crippen molar-refractivity contribution in [3.8, 4) is 17.5 Å². The number of aromatic nitrogens is 3. The fourth-order valence-electron chi connectivity index (χ4n) is 1.98. The van der Waals surface area contributed by atoms with Crippen LogP contribution in [0, 0.1) is 17.2 Å². The topological polar surface area (TPSA) is 63.7 Å². The number of hydrogen-bond donors (Lipinski definition) is 0. The summed E-state index contributed by atoms with van der Waals surface area (Å²) in [5.41, 5.74) is 1.79. The average Bonchev–Trinajstić information content (AvgIpc) is 2.80. The number of benzene rings is 1. The maximum atomic E-state index is 9.15. The van der Waals surface area contributed by atoms with Crippen molar-refractivity contribution >= 4 is 11.6 Å². The van der Waals surface area contributed by atoms with Gasteiger partial charge in [0.05, 0.1) is 12.8 Å². The second kappa shape index (κ2) is 5.93. The maximum absolute atomic E-state index is 9.15. The number of hydrogen-bond acceptors (Lipinski definition) is 4. The molecule has 0 unspecified atom stereocenters. The molecule has 0 spiro atoms. The summed E-state index contributed by atoms with van der Waals surface area (Å²) in [6.07, 6.45) is 0.700. The third-order valence-electron chi connectivity index (χ3n) is 2.84. The third-order valence-corrected chi connectivity index (χ3v) is 3.07. The molecule has 20 heavy (non-hydrogen) atoms. The normalized spacial score (nSPS) is 10.6. The molecule has 0 saturated heterocycles. The molecule has 6 heteroatoms. The van der Waals surface area contributed by atoms with Crippen molar-refractivity contribution in [1.82, 2.24) is 15.0 Å². The lowest BCUT2D eigenvalue weighted by atomic mass is 10.1. The zero-order chi connectivity index (χ0) is 14.7. The van der Waals surface area contributed by atoms with Crippen LogP contribution in [0.15, 0.2) is 18.2 Å². The minimum Gasteiger partial charge on any atom is -0.494 e. The minimum atomic E-state index is 0.334. The predicted octanol–water partition coefficient (Wildman–Crippen LogP) is 3.00. The number of nitriles is 1. The monoisotopic (exact) mass is 290 g/mol. The van der Waals surface area contributed by atoms with Gasteiger partial charge in [-0.25, -0.2) is 4.68 Å². The van der Waals surface area contributed by atoms with Gasteiger partial charge in [-0.2, -0.15) is 5.26 Å². The van der Waals surface area contributed by atoms with Gasteiger partial charge in [-0.3, -0.25) is 0 Å². The molecule has 1 aromatic carbocycles. The van der Waals surface area contributed by atoms with Gasteiger partial charge in [0.15, 0.2) is 5.69 Å². The molecule has 0 aliphatic carbocycles. The van der Waals surface area contributed by atoms with E-state index in [9.17, 15) is 0 Å². The molecular formula is C14H15ClN4O. The molecule has 1 heterocycles. The molecule has 0 aliphatic rings. The molecule has 0 aliphatic heterocycles. The molecule has 0 N–H and O–H groups in total. The lowest BCUT2D eigenvalue weighted by molar-refractivity contribution is 0.410. The van der Waals surface area contributed by atoms with Crippen LogP contribution in [0.3, 0.4) is 0 Å². The summed E-state index contributed by atoms with van der Waals surface area (Å²) in [6, 6.07) is 7.34. The highest BCUT2D eigenvalue weighted by atomic mass is 35.5. The van der Waals surface area contributed by atoms with E-state index in [0.717, 1.165) is 5.69 Å². The Morgan fingerprint density at radius 3 is 2.80 bits per heavy atom. The van der Waals surface area contributed by atoms with E-state index in [4.69, 9.17) is 21.6 Å². The van der Waals surface area contributed by atoms with Gasteiger partial charge in [-0.1, -0.05) is 30.7 Å². The fourth-order valence-corrected chi connectivity index (χ4v) is 2.15. The molecule has 0 atom stereocenters. The second-order valence-corrected chi connectivity index (χ2v) is 5.26. The van der Waals surface area contributed by atoms with E-state index in [2.05, 4.69) is 30.2 Å². The second-order valence-electron chi connectivity index (χ2n) is 4.82. The summed E-state index contributed by atoms with van der Waals surface area (Å²) in [6.45, 7) is 4.15. The van der Waals surface area contributed by atoms with Crippen molar-refractivity contribution < 1.29 is 4.74 Å². The van der Waals surface area contributed by atoms with Gasteiger partial charge >= 0.3 is 0 Å².